The predicted octanol–water partition coefficient (Wildman–Crippen LogP) is 2.16. The number of aliphatic hydroxyl groups excluding tert-OH is 1. The van der Waals surface area contributed by atoms with Crippen molar-refractivity contribution < 1.29 is 9.90 Å². The Labute approximate surface area is 96.6 Å². The van der Waals surface area contributed by atoms with Crippen molar-refractivity contribution in [2.45, 2.75) is 12.8 Å². The lowest BCUT2D eigenvalue weighted by Gasteiger charge is -2.12. The van der Waals surface area contributed by atoms with E-state index in [4.69, 9.17) is 5.11 Å². The first-order valence-corrected chi connectivity index (χ1v) is 5.63. The molecule has 1 fully saturated rings. The number of benzene rings is 1. The molecule has 0 bridgehead atoms. The number of halogens is 1. The number of hydrogen-bond acceptors (Lipinski definition) is 2. The highest BCUT2D eigenvalue weighted by atomic mass is 79.9. The zero-order valence-electron chi connectivity index (χ0n) is 8.16. The topological polar surface area (TPSA) is 49.3 Å². The van der Waals surface area contributed by atoms with Gasteiger partial charge in [0.15, 0.2) is 0 Å². The van der Waals surface area contributed by atoms with Crippen LogP contribution in [0.4, 0.5) is 5.69 Å². The van der Waals surface area contributed by atoms with E-state index >= 15 is 0 Å². The van der Waals surface area contributed by atoms with Gasteiger partial charge >= 0.3 is 0 Å². The molecular formula is C11H12BrNO2. The van der Waals surface area contributed by atoms with Gasteiger partial charge in [0.05, 0.1) is 12.0 Å². The molecule has 1 aromatic rings. The maximum atomic E-state index is 11.7. The molecule has 1 aliphatic rings. The third-order valence-corrected chi connectivity index (χ3v) is 3.27. The zero-order valence-corrected chi connectivity index (χ0v) is 9.75. The summed E-state index contributed by atoms with van der Waals surface area (Å²) in [7, 11) is 0. The van der Waals surface area contributed by atoms with E-state index in [9.17, 15) is 4.79 Å². The second-order valence-corrected chi connectivity index (χ2v) is 4.82. The van der Waals surface area contributed by atoms with E-state index in [2.05, 4.69) is 21.2 Å². The van der Waals surface area contributed by atoms with Crippen LogP contribution in [0.3, 0.4) is 0 Å². The normalized spacial score (nSPS) is 17.2. The van der Waals surface area contributed by atoms with Crippen molar-refractivity contribution in [1.29, 1.82) is 0 Å². The molecule has 0 heterocycles. The average Bonchev–Trinajstić information content (AvgIpc) is 3.02. The summed E-state index contributed by atoms with van der Waals surface area (Å²) >= 11 is 3.32. The SMILES string of the molecule is O=C(Nc1ccc(Br)cc1)C1(CO)CC1. The lowest BCUT2D eigenvalue weighted by Crippen LogP contribution is -2.27. The van der Waals surface area contributed by atoms with Gasteiger partial charge in [-0.1, -0.05) is 15.9 Å². The number of carbonyl (C=O) groups is 1. The van der Waals surface area contributed by atoms with Crippen LogP contribution in [0.5, 0.6) is 0 Å². The Morgan fingerprint density at radius 1 is 1.40 bits per heavy atom. The van der Waals surface area contributed by atoms with Gasteiger partial charge in [-0.3, -0.25) is 4.79 Å². The number of amides is 1. The first-order chi connectivity index (χ1) is 7.16. The van der Waals surface area contributed by atoms with Gasteiger partial charge in [0.25, 0.3) is 0 Å². The summed E-state index contributed by atoms with van der Waals surface area (Å²) < 4.78 is 0.976. The fourth-order valence-electron chi connectivity index (χ4n) is 1.40. The van der Waals surface area contributed by atoms with Crippen molar-refractivity contribution in [2.24, 2.45) is 5.41 Å². The predicted molar refractivity (Wildman–Crippen MR) is 61.5 cm³/mol. The Kier molecular flexibility index (Phi) is 2.80. The molecular weight excluding hydrogens is 258 g/mol. The third-order valence-electron chi connectivity index (χ3n) is 2.74. The summed E-state index contributed by atoms with van der Waals surface area (Å²) in [5.74, 6) is -0.0766. The van der Waals surface area contributed by atoms with E-state index in [1.54, 1.807) is 0 Å². The fraction of sp³-hybridized carbons (Fsp3) is 0.364. The minimum atomic E-state index is -0.507. The van der Waals surface area contributed by atoms with E-state index < -0.39 is 5.41 Å². The Hall–Kier alpha value is -0.870. The summed E-state index contributed by atoms with van der Waals surface area (Å²) in [6.07, 6.45) is 1.57. The van der Waals surface area contributed by atoms with Gasteiger partial charge in [-0.2, -0.15) is 0 Å². The van der Waals surface area contributed by atoms with Gasteiger partial charge in [0, 0.05) is 10.2 Å². The molecule has 80 valence electrons. The zero-order chi connectivity index (χ0) is 10.9. The summed E-state index contributed by atoms with van der Waals surface area (Å²) in [5, 5.41) is 11.9. The maximum absolute atomic E-state index is 11.7. The molecule has 4 heteroatoms. The summed E-state index contributed by atoms with van der Waals surface area (Å²) in [6.45, 7) is -0.0602. The highest BCUT2D eigenvalue weighted by Gasteiger charge is 2.49. The number of carbonyl (C=O) groups excluding carboxylic acids is 1. The molecule has 0 radical (unpaired) electrons. The van der Waals surface area contributed by atoms with E-state index in [1.807, 2.05) is 24.3 Å². The van der Waals surface area contributed by atoms with Crippen LogP contribution >= 0.6 is 15.9 Å². The maximum Gasteiger partial charge on any atom is 0.232 e. The molecule has 1 saturated carbocycles. The largest absolute Gasteiger partial charge is 0.395 e. The molecule has 2 rings (SSSR count). The molecule has 1 aromatic carbocycles. The van der Waals surface area contributed by atoms with Gasteiger partial charge in [0.2, 0.25) is 5.91 Å². The highest BCUT2D eigenvalue weighted by molar-refractivity contribution is 9.10. The third kappa shape index (κ3) is 2.21. The van der Waals surface area contributed by atoms with Crippen LogP contribution in [-0.4, -0.2) is 17.6 Å². The van der Waals surface area contributed by atoms with Gasteiger partial charge in [-0.15, -0.1) is 0 Å². The fourth-order valence-corrected chi connectivity index (χ4v) is 1.67. The van der Waals surface area contributed by atoms with Crippen LogP contribution in [0.15, 0.2) is 28.7 Å². The monoisotopic (exact) mass is 269 g/mol. The van der Waals surface area contributed by atoms with Gasteiger partial charge in [-0.25, -0.2) is 0 Å². The quantitative estimate of drug-likeness (QED) is 0.884. The molecule has 1 amide bonds. The Morgan fingerprint density at radius 3 is 2.47 bits per heavy atom. The van der Waals surface area contributed by atoms with Gasteiger partial charge in [0.1, 0.15) is 0 Å². The number of hydrogen-bond donors (Lipinski definition) is 2. The number of anilines is 1. The molecule has 0 aromatic heterocycles. The summed E-state index contributed by atoms with van der Waals surface area (Å²) in [6, 6.07) is 7.40. The lowest BCUT2D eigenvalue weighted by atomic mass is 10.1. The van der Waals surface area contributed by atoms with Crippen molar-refractivity contribution in [3.05, 3.63) is 28.7 Å². The number of rotatable bonds is 3. The van der Waals surface area contributed by atoms with E-state index in [1.165, 1.54) is 0 Å². The van der Waals surface area contributed by atoms with Crippen molar-refractivity contribution in [2.75, 3.05) is 11.9 Å². The van der Waals surface area contributed by atoms with E-state index in [-0.39, 0.29) is 12.5 Å². The Bertz CT molecular complexity index is 371. The van der Waals surface area contributed by atoms with Crippen LogP contribution < -0.4 is 5.32 Å². The lowest BCUT2D eigenvalue weighted by molar-refractivity contribution is -0.122. The first kappa shape index (κ1) is 10.6. The van der Waals surface area contributed by atoms with Gasteiger partial charge < -0.3 is 10.4 Å². The molecule has 15 heavy (non-hydrogen) atoms. The van der Waals surface area contributed by atoms with Crippen molar-refractivity contribution in [3.63, 3.8) is 0 Å². The van der Waals surface area contributed by atoms with Crippen molar-refractivity contribution in [3.8, 4) is 0 Å². The van der Waals surface area contributed by atoms with E-state index in [0.717, 1.165) is 23.0 Å². The molecule has 3 nitrogen and oxygen atoms in total. The minimum Gasteiger partial charge on any atom is -0.395 e. The van der Waals surface area contributed by atoms with E-state index in [0.29, 0.717) is 0 Å². The highest BCUT2D eigenvalue weighted by Crippen LogP contribution is 2.45. The molecule has 2 N–H and O–H groups in total. The van der Waals surface area contributed by atoms with Crippen LogP contribution in [0.25, 0.3) is 0 Å². The molecule has 0 saturated heterocycles. The minimum absolute atomic E-state index is 0.0602. The second-order valence-electron chi connectivity index (χ2n) is 3.90. The molecule has 0 atom stereocenters. The van der Waals surface area contributed by atoms with Crippen LogP contribution in [0.1, 0.15) is 12.8 Å². The van der Waals surface area contributed by atoms with Gasteiger partial charge in [-0.05, 0) is 37.1 Å². The Morgan fingerprint density at radius 2 is 2.00 bits per heavy atom. The number of nitrogens with one attached hydrogen (secondary N) is 1. The second kappa shape index (κ2) is 3.94. The smallest absolute Gasteiger partial charge is 0.232 e. The van der Waals surface area contributed by atoms with Crippen LogP contribution in [0, 0.1) is 5.41 Å². The average molecular weight is 270 g/mol. The molecule has 0 spiro atoms. The Balaban J connectivity index is 2.03. The van der Waals surface area contributed by atoms with Crippen LogP contribution in [0.2, 0.25) is 0 Å². The standard InChI is InChI=1S/C11H12BrNO2/c12-8-1-3-9(4-2-8)13-10(15)11(7-14)5-6-11/h1-4,14H,5-7H2,(H,13,15). The van der Waals surface area contributed by atoms with Crippen molar-refractivity contribution in [1.82, 2.24) is 0 Å². The molecule has 0 unspecified atom stereocenters. The van der Waals surface area contributed by atoms with Crippen LogP contribution in [-0.2, 0) is 4.79 Å². The number of aliphatic hydroxyl groups is 1. The molecule has 1 aliphatic carbocycles. The first-order valence-electron chi connectivity index (χ1n) is 4.84. The summed E-state index contributed by atoms with van der Waals surface area (Å²) in [5.41, 5.74) is 0.260. The summed E-state index contributed by atoms with van der Waals surface area (Å²) in [4.78, 5) is 11.7. The molecule has 0 aliphatic heterocycles. The van der Waals surface area contributed by atoms with Crippen molar-refractivity contribution >= 4 is 27.5 Å².